The Hall–Kier alpha value is -3.64. The van der Waals surface area contributed by atoms with Gasteiger partial charge in [0.25, 0.3) is 11.8 Å². The van der Waals surface area contributed by atoms with Crippen LogP contribution in [0.15, 0.2) is 43.0 Å². The SMILES string of the molecule is Cc1cccc(C(=O)N2CCC(F)(F)[C@H]2CNc2ncc(C(F)(F)F)cn2)c1-n1nccn1. The number of para-hydroxylation sites is 1. The first kappa shape index (κ1) is 22.6. The third-order valence-corrected chi connectivity index (χ3v) is 5.33. The number of aryl methyl sites for hydroxylation is 1. The van der Waals surface area contributed by atoms with Crippen LogP contribution >= 0.6 is 0 Å². The molecule has 0 spiro atoms. The molecule has 1 aliphatic heterocycles. The van der Waals surface area contributed by atoms with E-state index >= 15 is 0 Å². The van der Waals surface area contributed by atoms with Gasteiger partial charge in [-0.1, -0.05) is 12.1 Å². The molecule has 0 saturated carbocycles. The lowest BCUT2D eigenvalue weighted by Gasteiger charge is -2.28. The van der Waals surface area contributed by atoms with Crippen LogP contribution in [0, 0.1) is 6.92 Å². The molecule has 1 aromatic carbocycles. The first-order chi connectivity index (χ1) is 15.6. The van der Waals surface area contributed by atoms with E-state index in [-0.39, 0.29) is 18.1 Å². The molecule has 1 aliphatic rings. The number of alkyl halides is 5. The van der Waals surface area contributed by atoms with E-state index in [1.54, 1.807) is 19.1 Å². The van der Waals surface area contributed by atoms with Gasteiger partial charge in [-0.15, -0.1) is 0 Å². The Morgan fingerprint density at radius 2 is 1.85 bits per heavy atom. The fraction of sp³-hybridized carbons (Fsp3) is 0.350. The summed E-state index contributed by atoms with van der Waals surface area (Å²) < 4.78 is 67.3. The highest BCUT2D eigenvalue weighted by molar-refractivity contribution is 5.98. The van der Waals surface area contributed by atoms with Crippen LogP contribution in [0.5, 0.6) is 0 Å². The van der Waals surface area contributed by atoms with E-state index in [1.807, 2.05) is 0 Å². The molecule has 33 heavy (non-hydrogen) atoms. The molecule has 13 heteroatoms. The normalized spacial score (nSPS) is 17.9. The van der Waals surface area contributed by atoms with Crippen LogP contribution in [-0.2, 0) is 6.18 Å². The van der Waals surface area contributed by atoms with Gasteiger partial charge < -0.3 is 10.2 Å². The summed E-state index contributed by atoms with van der Waals surface area (Å²) in [5.41, 5.74) is 0.145. The van der Waals surface area contributed by atoms with E-state index in [2.05, 4.69) is 25.5 Å². The maximum atomic E-state index is 14.7. The number of halogens is 5. The van der Waals surface area contributed by atoms with Crippen LogP contribution in [0.25, 0.3) is 5.69 Å². The Labute approximate surface area is 184 Å². The third kappa shape index (κ3) is 4.47. The fourth-order valence-electron chi connectivity index (χ4n) is 3.66. The minimum atomic E-state index is -4.62. The highest BCUT2D eigenvalue weighted by atomic mass is 19.4. The number of anilines is 1. The molecule has 8 nitrogen and oxygen atoms in total. The molecule has 3 heterocycles. The Bertz CT molecular complexity index is 1130. The number of hydrogen-bond donors (Lipinski definition) is 1. The number of carbonyl (C=O) groups excluding carboxylic acids is 1. The van der Waals surface area contributed by atoms with Crippen LogP contribution in [0.1, 0.15) is 27.9 Å². The van der Waals surface area contributed by atoms with Crippen molar-refractivity contribution in [2.75, 3.05) is 18.4 Å². The van der Waals surface area contributed by atoms with Crippen molar-refractivity contribution in [2.24, 2.45) is 0 Å². The fourth-order valence-corrected chi connectivity index (χ4v) is 3.66. The quantitative estimate of drug-likeness (QED) is 0.579. The smallest absolute Gasteiger partial charge is 0.352 e. The number of amides is 1. The highest BCUT2D eigenvalue weighted by Crippen LogP contribution is 2.36. The average molecular weight is 467 g/mol. The van der Waals surface area contributed by atoms with Gasteiger partial charge in [0, 0.05) is 31.9 Å². The monoisotopic (exact) mass is 467 g/mol. The van der Waals surface area contributed by atoms with Gasteiger partial charge >= 0.3 is 6.18 Å². The molecule has 1 atom stereocenters. The minimum absolute atomic E-state index is 0.152. The van der Waals surface area contributed by atoms with Gasteiger partial charge in [0.15, 0.2) is 0 Å². The second-order valence-electron chi connectivity index (χ2n) is 7.49. The maximum Gasteiger partial charge on any atom is 0.419 e. The zero-order chi connectivity index (χ0) is 23.8. The number of likely N-dealkylation sites (tertiary alicyclic amines) is 1. The minimum Gasteiger partial charge on any atom is -0.352 e. The lowest BCUT2D eigenvalue weighted by molar-refractivity contribution is -0.138. The van der Waals surface area contributed by atoms with E-state index < -0.39 is 42.6 Å². The zero-order valence-corrected chi connectivity index (χ0v) is 17.2. The summed E-state index contributed by atoms with van der Waals surface area (Å²) in [4.78, 5) is 22.7. The van der Waals surface area contributed by atoms with Gasteiger partial charge in [0.1, 0.15) is 11.7 Å². The molecule has 2 aromatic heterocycles. The van der Waals surface area contributed by atoms with Crippen molar-refractivity contribution >= 4 is 11.9 Å². The molecule has 1 fully saturated rings. The van der Waals surface area contributed by atoms with E-state index in [0.717, 1.165) is 4.90 Å². The summed E-state index contributed by atoms with van der Waals surface area (Å²) in [5, 5.41) is 10.6. The summed E-state index contributed by atoms with van der Waals surface area (Å²) in [5.74, 6) is -4.11. The predicted octanol–water partition coefficient (Wildman–Crippen LogP) is 3.35. The van der Waals surface area contributed by atoms with Gasteiger partial charge in [-0.3, -0.25) is 4.79 Å². The molecule has 0 aliphatic carbocycles. The molecule has 0 radical (unpaired) electrons. The van der Waals surface area contributed by atoms with Crippen molar-refractivity contribution in [2.45, 2.75) is 31.5 Å². The van der Waals surface area contributed by atoms with Crippen LogP contribution in [-0.4, -0.2) is 60.8 Å². The summed E-state index contributed by atoms with van der Waals surface area (Å²) in [6.45, 7) is 1.09. The summed E-state index contributed by atoms with van der Waals surface area (Å²) in [6, 6.07) is 3.32. The third-order valence-electron chi connectivity index (χ3n) is 5.33. The van der Waals surface area contributed by atoms with E-state index in [4.69, 9.17) is 0 Å². The topological polar surface area (TPSA) is 88.8 Å². The number of nitrogens with zero attached hydrogens (tertiary/aromatic N) is 6. The lowest BCUT2D eigenvalue weighted by Crippen LogP contribution is -2.47. The molecule has 1 N–H and O–H groups in total. The van der Waals surface area contributed by atoms with Crippen molar-refractivity contribution in [1.29, 1.82) is 0 Å². The molecule has 3 aromatic rings. The zero-order valence-electron chi connectivity index (χ0n) is 17.2. The van der Waals surface area contributed by atoms with E-state index in [9.17, 15) is 26.7 Å². The number of aromatic nitrogens is 5. The van der Waals surface area contributed by atoms with Crippen molar-refractivity contribution < 1.29 is 26.7 Å². The number of carbonyl (C=O) groups is 1. The van der Waals surface area contributed by atoms with Crippen LogP contribution in [0.4, 0.5) is 27.9 Å². The molecular formula is C20H18F5N7O. The highest BCUT2D eigenvalue weighted by Gasteiger charge is 2.51. The first-order valence-electron chi connectivity index (χ1n) is 9.86. The Kier molecular flexibility index (Phi) is 5.72. The lowest BCUT2D eigenvalue weighted by atomic mass is 10.1. The largest absolute Gasteiger partial charge is 0.419 e. The second kappa shape index (κ2) is 8.37. The van der Waals surface area contributed by atoms with Crippen molar-refractivity contribution in [3.8, 4) is 5.69 Å². The summed E-state index contributed by atoms with van der Waals surface area (Å²) in [6.07, 6.45) is -1.19. The average Bonchev–Trinajstić information content (AvgIpc) is 3.39. The van der Waals surface area contributed by atoms with Crippen molar-refractivity contribution in [3.63, 3.8) is 0 Å². The first-order valence-corrected chi connectivity index (χ1v) is 9.86. The van der Waals surface area contributed by atoms with E-state index in [1.165, 1.54) is 23.3 Å². The van der Waals surface area contributed by atoms with Gasteiger partial charge in [-0.2, -0.15) is 28.2 Å². The predicted molar refractivity (Wildman–Crippen MR) is 106 cm³/mol. The van der Waals surface area contributed by atoms with Crippen LogP contribution in [0.2, 0.25) is 0 Å². The standard InChI is InChI=1S/C20H18F5N7O/c1-12-3-2-4-14(16(12)32-29-6-7-30-32)17(33)31-8-5-19(21,22)15(31)11-28-18-26-9-13(10-27-18)20(23,24)25/h2-4,6-7,9-10,15H,5,8,11H2,1H3,(H,26,27,28)/t15-/m1/s1. The maximum absolute atomic E-state index is 14.7. The number of rotatable bonds is 5. The molecule has 1 amide bonds. The van der Waals surface area contributed by atoms with Gasteiger partial charge in [0.05, 0.1) is 23.5 Å². The number of hydrogen-bond acceptors (Lipinski definition) is 6. The molecule has 1 saturated heterocycles. The molecule has 0 bridgehead atoms. The van der Waals surface area contributed by atoms with E-state index in [0.29, 0.717) is 23.6 Å². The summed E-state index contributed by atoms with van der Waals surface area (Å²) >= 11 is 0. The Morgan fingerprint density at radius 3 is 2.48 bits per heavy atom. The Balaban J connectivity index is 1.57. The van der Waals surface area contributed by atoms with Crippen LogP contribution in [0.3, 0.4) is 0 Å². The number of benzene rings is 1. The van der Waals surface area contributed by atoms with Crippen molar-refractivity contribution in [3.05, 3.63) is 59.7 Å². The molecule has 174 valence electrons. The molecule has 4 rings (SSSR count). The van der Waals surface area contributed by atoms with Crippen molar-refractivity contribution in [1.82, 2.24) is 29.9 Å². The van der Waals surface area contributed by atoms with Gasteiger partial charge in [-0.05, 0) is 18.6 Å². The van der Waals surface area contributed by atoms with Crippen LogP contribution < -0.4 is 5.32 Å². The van der Waals surface area contributed by atoms with Gasteiger partial charge in [0.2, 0.25) is 5.95 Å². The summed E-state index contributed by atoms with van der Waals surface area (Å²) in [7, 11) is 0. The van der Waals surface area contributed by atoms with Gasteiger partial charge in [-0.25, -0.2) is 18.7 Å². The Morgan fingerprint density at radius 1 is 1.18 bits per heavy atom. The molecule has 0 unspecified atom stereocenters. The number of nitrogens with one attached hydrogen (secondary N) is 1. The molecular weight excluding hydrogens is 449 g/mol. The second-order valence-corrected chi connectivity index (χ2v) is 7.49.